The van der Waals surface area contributed by atoms with E-state index in [0.29, 0.717) is 16.5 Å². The summed E-state index contributed by atoms with van der Waals surface area (Å²) in [5, 5.41) is 15.3. The average molecular weight is 287 g/mol. The molecule has 2 aromatic rings. The molecule has 0 aliphatic rings. The lowest BCUT2D eigenvalue weighted by atomic mass is 10.0. The number of aryl methyl sites for hydroxylation is 1. The fourth-order valence-electron chi connectivity index (χ4n) is 1.67. The van der Waals surface area contributed by atoms with Crippen LogP contribution in [-0.4, -0.2) is 5.11 Å². The highest BCUT2D eigenvalue weighted by Gasteiger charge is 2.12. The number of halogens is 2. The van der Waals surface area contributed by atoms with E-state index in [1.54, 1.807) is 29.5 Å². The van der Waals surface area contributed by atoms with Crippen LogP contribution < -0.4 is 0 Å². The van der Waals surface area contributed by atoms with Crippen molar-refractivity contribution in [3.05, 3.63) is 56.2 Å². The van der Waals surface area contributed by atoms with Crippen molar-refractivity contribution < 1.29 is 5.11 Å². The molecule has 4 heteroatoms. The second-order valence-electron chi connectivity index (χ2n) is 3.85. The van der Waals surface area contributed by atoms with Gasteiger partial charge in [-0.15, -0.1) is 0 Å². The molecule has 0 spiro atoms. The van der Waals surface area contributed by atoms with Gasteiger partial charge in [-0.2, -0.15) is 11.3 Å². The van der Waals surface area contributed by atoms with E-state index in [1.165, 1.54) is 5.56 Å². The molecule has 0 saturated heterocycles. The van der Waals surface area contributed by atoms with Gasteiger partial charge in [-0.25, -0.2) is 0 Å². The van der Waals surface area contributed by atoms with Gasteiger partial charge in [0.25, 0.3) is 0 Å². The fourth-order valence-corrected chi connectivity index (χ4v) is 2.90. The van der Waals surface area contributed by atoms with Gasteiger partial charge in [0.1, 0.15) is 0 Å². The van der Waals surface area contributed by atoms with Gasteiger partial charge in [0.05, 0.1) is 6.10 Å². The molecule has 0 amide bonds. The Morgan fingerprint density at radius 3 is 2.71 bits per heavy atom. The van der Waals surface area contributed by atoms with E-state index >= 15 is 0 Å². The average Bonchev–Trinajstić information content (AvgIpc) is 2.78. The lowest BCUT2D eigenvalue weighted by Crippen LogP contribution is -2.00. The van der Waals surface area contributed by atoms with Crippen LogP contribution in [0.5, 0.6) is 0 Å². The van der Waals surface area contributed by atoms with Gasteiger partial charge in [0, 0.05) is 10.0 Å². The lowest BCUT2D eigenvalue weighted by molar-refractivity contribution is 0.168. The Labute approximate surface area is 115 Å². The van der Waals surface area contributed by atoms with Crippen LogP contribution in [0.1, 0.15) is 23.7 Å². The largest absolute Gasteiger partial charge is 0.388 e. The third-order valence-corrected chi connectivity index (χ3v) is 3.90. The van der Waals surface area contributed by atoms with Crippen molar-refractivity contribution in [1.29, 1.82) is 0 Å². The van der Waals surface area contributed by atoms with E-state index in [2.05, 4.69) is 11.4 Å². The topological polar surface area (TPSA) is 20.2 Å². The Balaban J connectivity index is 2.01. The fraction of sp³-hybridized carbons (Fsp3) is 0.231. The van der Waals surface area contributed by atoms with Gasteiger partial charge in [0.2, 0.25) is 0 Å². The molecule has 90 valence electrons. The van der Waals surface area contributed by atoms with E-state index in [1.807, 2.05) is 5.38 Å². The van der Waals surface area contributed by atoms with Crippen LogP contribution in [0.3, 0.4) is 0 Å². The maximum Gasteiger partial charge on any atom is 0.0807 e. The molecule has 1 aromatic carbocycles. The second-order valence-corrected chi connectivity index (χ2v) is 5.48. The monoisotopic (exact) mass is 286 g/mol. The first-order valence-corrected chi connectivity index (χ1v) is 7.01. The van der Waals surface area contributed by atoms with Gasteiger partial charge >= 0.3 is 0 Å². The minimum Gasteiger partial charge on any atom is -0.388 e. The summed E-state index contributed by atoms with van der Waals surface area (Å²) in [6.07, 6.45) is 0.974. The number of benzene rings is 1. The molecule has 0 bridgehead atoms. The van der Waals surface area contributed by atoms with Crippen molar-refractivity contribution in [2.24, 2.45) is 0 Å². The summed E-state index contributed by atoms with van der Waals surface area (Å²) in [6.45, 7) is 0. The summed E-state index contributed by atoms with van der Waals surface area (Å²) in [6, 6.07) is 7.26. The maximum absolute atomic E-state index is 10.1. The number of thiophene rings is 1. The third kappa shape index (κ3) is 3.46. The Bertz CT molecular complexity index is 482. The zero-order valence-electron chi connectivity index (χ0n) is 9.07. The zero-order valence-corrected chi connectivity index (χ0v) is 11.4. The Kier molecular flexibility index (Phi) is 4.46. The van der Waals surface area contributed by atoms with Crippen LogP contribution in [0.4, 0.5) is 0 Å². The quantitative estimate of drug-likeness (QED) is 0.862. The van der Waals surface area contributed by atoms with Gasteiger partial charge < -0.3 is 5.11 Å². The standard InChI is InChI=1S/C13H12Cl2OS/c14-10-2-3-11(12(15)7-10)13(16)4-1-9-5-6-17-8-9/h2-3,5-8,13,16H,1,4H2. The van der Waals surface area contributed by atoms with Crippen LogP contribution in [-0.2, 0) is 6.42 Å². The van der Waals surface area contributed by atoms with Crippen molar-refractivity contribution in [3.63, 3.8) is 0 Å². The summed E-state index contributed by atoms with van der Waals surface area (Å²) in [5.74, 6) is 0. The minimum atomic E-state index is -0.542. The van der Waals surface area contributed by atoms with Crippen molar-refractivity contribution >= 4 is 34.5 Å². The number of hydrogen-bond donors (Lipinski definition) is 1. The van der Waals surface area contributed by atoms with E-state index in [-0.39, 0.29) is 0 Å². The van der Waals surface area contributed by atoms with Gasteiger partial charge in [-0.05, 0) is 52.9 Å². The van der Waals surface area contributed by atoms with Gasteiger partial charge in [-0.3, -0.25) is 0 Å². The summed E-state index contributed by atoms with van der Waals surface area (Å²) < 4.78 is 0. The lowest BCUT2D eigenvalue weighted by Gasteiger charge is -2.12. The molecule has 1 unspecified atom stereocenters. The molecular weight excluding hydrogens is 275 g/mol. The highest BCUT2D eigenvalue weighted by atomic mass is 35.5. The third-order valence-electron chi connectivity index (χ3n) is 2.61. The van der Waals surface area contributed by atoms with Crippen molar-refractivity contribution in [2.45, 2.75) is 18.9 Å². The summed E-state index contributed by atoms with van der Waals surface area (Å²) in [7, 11) is 0. The minimum absolute atomic E-state index is 0.523. The van der Waals surface area contributed by atoms with Crippen LogP contribution in [0, 0.1) is 0 Å². The first kappa shape index (κ1) is 12.9. The molecule has 0 fully saturated rings. The normalized spacial score (nSPS) is 12.6. The van der Waals surface area contributed by atoms with E-state index in [9.17, 15) is 5.11 Å². The molecule has 0 aliphatic heterocycles. The van der Waals surface area contributed by atoms with Crippen molar-refractivity contribution in [3.8, 4) is 0 Å². The molecule has 1 atom stereocenters. The molecule has 0 radical (unpaired) electrons. The highest BCUT2D eigenvalue weighted by Crippen LogP contribution is 2.28. The summed E-state index contributed by atoms with van der Waals surface area (Å²) in [4.78, 5) is 0. The Morgan fingerprint density at radius 1 is 1.24 bits per heavy atom. The van der Waals surface area contributed by atoms with E-state index < -0.39 is 6.10 Å². The number of rotatable bonds is 4. The highest BCUT2D eigenvalue weighted by molar-refractivity contribution is 7.07. The molecule has 1 N–H and O–H groups in total. The van der Waals surface area contributed by atoms with Crippen molar-refractivity contribution in [2.75, 3.05) is 0 Å². The van der Waals surface area contributed by atoms with Crippen LogP contribution in [0.15, 0.2) is 35.0 Å². The maximum atomic E-state index is 10.1. The molecule has 0 aliphatic carbocycles. The van der Waals surface area contributed by atoms with Gasteiger partial charge in [0.15, 0.2) is 0 Å². The predicted octanol–water partition coefficient (Wildman–Crippen LogP) is 4.72. The van der Waals surface area contributed by atoms with Crippen LogP contribution >= 0.6 is 34.5 Å². The van der Waals surface area contributed by atoms with Gasteiger partial charge in [-0.1, -0.05) is 29.3 Å². The predicted molar refractivity (Wildman–Crippen MR) is 74.1 cm³/mol. The van der Waals surface area contributed by atoms with Crippen molar-refractivity contribution in [1.82, 2.24) is 0 Å². The van der Waals surface area contributed by atoms with E-state index in [4.69, 9.17) is 23.2 Å². The van der Waals surface area contributed by atoms with E-state index in [0.717, 1.165) is 12.0 Å². The molecule has 2 rings (SSSR count). The number of aliphatic hydroxyl groups is 1. The summed E-state index contributed by atoms with van der Waals surface area (Å²) >= 11 is 13.5. The number of hydrogen-bond acceptors (Lipinski definition) is 2. The van der Waals surface area contributed by atoms with Crippen LogP contribution in [0.2, 0.25) is 10.0 Å². The molecule has 0 saturated carbocycles. The zero-order chi connectivity index (χ0) is 12.3. The first-order valence-electron chi connectivity index (χ1n) is 5.31. The SMILES string of the molecule is OC(CCc1ccsc1)c1ccc(Cl)cc1Cl. The first-order chi connectivity index (χ1) is 8.16. The molecule has 1 heterocycles. The smallest absolute Gasteiger partial charge is 0.0807 e. The Morgan fingerprint density at radius 2 is 2.06 bits per heavy atom. The molecular formula is C13H12Cl2OS. The second kappa shape index (κ2) is 5.87. The summed E-state index contributed by atoms with van der Waals surface area (Å²) in [5.41, 5.74) is 1.99. The molecule has 17 heavy (non-hydrogen) atoms. The molecule has 1 aromatic heterocycles. The Hall–Kier alpha value is -0.540. The van der Waals surface area contributed by atoms with Crippen LogP contribution in [0.25, 0.3) is 0 Å². The number of aliphatic hydroxyl groups excluding tert-OH is 1. The molecule has 1 nitrogen and oxygen atoms in total.